The first-order valence-corrected chi connectivity index (χ1v) is 3.51. The molecule has 0 aromatic rings. The highest BCUT2D eigenvalue weighted by Crippen LogP contribution is 2.03. The van der Waals surface area contributed by atoms with Gasteiger partial charge in [-0.05, 0) is 0 Å². The Bertz CT molecular complexity index is 81.7. The zero-order valence-electron chi connectivity index (χ0n) is 5.39. The molecular weight excluding hydrogens is 116 g/mol. The van der Waals surface area contributed by atoms with Crippen LogP contribution >= 0.6 is 0 Å². The molecule has 2 atom stereocenters. The van der Waals surface area contributed by atoms with Gasteiger partial charge in [0, 0.05) is 25.7 Å². The summed E-state index contributed by atoms with van der Waals surface area (Å²) in [5.41, 5.74) is 0. The summed E-state index contributed by atoms with van der Waals surface area (Å²) in [6, 6.07) is 0.559. The summed E-state index contributed by atoms with van der Waals surface area (Å²) in [6.45, 7) is 4.00. The lowest BCUT2D eigenvalue weighted by molar-refractivity contribution is 0.0253. The van der Waals surface area contributed by atoms with Crippen LogP contribution in [0.3, 0.4) is 0 Å². The summed E-state index contributed by atoms with van der Waals surface area (Å²) >= 11 is 0. The van der Waals surface area contributed by atoms with Crippen molar-refractivity contribution in [1.29, 1.82) is 0 Å². The highest BCUT2D eigenvalue weighted by molar-refractivity contribution is 4.83. The summed E-state index contributed by atoms with van der Waals surface area (Å²) in [5.74, 6) is 0. The van der Waals surface area contributed by atoms with Crippen LogP contribution in [0.15, 0.2) is 0 Å². The molecule has 0 amide bonds. The molecule has 0 aliphatic carbocycles. The van der Waals surface area contributed by atoms with Crippen LogP contribution < -0.4 is 10.6 Å². The lowest BCUT2D eigenvalue weighted by Gasteiger charge is -2.24. The van der Waals surface area contributed by atoms with Crippen LogP contribution in [0.25, 0.3) is 0 Å². The summed E-state index contributed by atoms with van der Waals surface area (Å²) in [4.78, 5) is 0. The van der Waals surface area contributed by atoms with Gasteiger partial charge in [0.2, 0.25) is 0 Å². The lowest BCUT2D eigenvalue weighted by atomic mass is 10.2. The molecule has 2 bridgehead atoms. The number of nitrogens with one attached hydrogen (secondary N) is 2. The van der Waals surface area contributed by atoms with E-state index in [9.17, 15) is 0 Å². The Balaban J connectivity index is 2.03. The molecule has 3 heteroatoms. The Kier molecular flexibility index (Phi) is 1.41. The highest BCUT2D eigenvalue weighted by atomic mass is 16.5. The van der Waals surface area contributed by atoms with Gasteiger partial charge in [0.25, 0.3) is 0 Å². The molecule has 0 aromatic heterocycles. The summed E-state index contributed by atoms with van der Waals surface area (Å²) in [6.07, 6.45) is 0.420. The zero-order valence-corrected chi connectivity index (χ0v) is 5.39. The second-order valence-corrected chi connectivity index (χ2v) is 2.72. The van der Waals surface area contributed by atoms with Crippen LogP contribution in [0.5, 0.6) is 0 Å². The first kappa shape index (κ1) is 5.65. The Labute approximate surface area is 54.8 Å². The van der Waals surface area contributed by atoms with Gasteiger partial charge in [-0.3, -0.25) is 0 Å². The van der Waals surface area contributed by atoms with Crippen LogP contribution in [0.4, 0.5) is 0 Å². The quantitative estimate of drug-likeness (QED) is 0.436. The second-order valence-electron chi connectivity index (χ2n) is 2.72. The summed E-state index contributed by atoms with van der Waals surface area (Å²) in [5, 5.41) is 6.72. The minimum atomic E-state index is 0.420. The van der Waals surface area contributed by atoms with E-state index in [0.29, 0.717) is 12.1 Å². The molecule has 2 N–H and O–H groups in total. The van der Waals surface area contributed by atoms with E-state index in [-0.39, 0.29) is 0 Å². The monoisotopic (exact) mass is 128 g/mol. The third-order valence-electron chi connectivity index (χ3n) is 1.93. The van der Waals surface area contributed by atoms with Gasteiger partial charge in [0.05, 0.1) is 12.7 Å². The number of hydrogen-bond donors (Lipinski definition) is 2. The molecule has 3 fully saturated rings. The number of fused-ring (bicyclic) bond motifs is 4. The van der Waals surface area contributed by atoms with E-state index in [4.69, 9.17) is 4.74 Å². The van der Waals surface area contributed by atoms with Crippen LogP contribution in [-0.2, 0) is 4.74 Å². The second kappa shape index (κ2) is 2.25. The normalized spacial score (nSPS) is 42.7. The maximum absolute atomic E-state index is 5.48. The van der Waals surface area contributed by atoms with Gasteiger partial charge in [0.15, 0.2) is 0 Å². The van der Waals surface area contributed by atoms with Crippen LogP contribution in [-0.4, -0.2) is 38.4 Å². The minimum absolute atomic E-state index is 0.420. The predicted molar refractivity (Wildman–Crippen MR) is 34.4 cm³/mol. The van der Waals surface area contributed by atoms with E-state index in [2.05, 4.69) is 10.6 Å². The highest BCUT2D eigenvalue weighted by Gasteiger charge is 2.23. The lowest BCUT2D eigenvalue weighted by Crippen LogP contribution is -2.45. The van der Waals surface area contributed by atoms with Gasteiger partial charge in [-0.2, -0.15) is 0 Å². The standard InChI is InChI=1S/C6H12N2O/c1-5-4-9-6(2-7-1)3-8-5/h5-8H,1-4H2. The first-order valence-electron chi connectivity index (χ1n) is 3.51. The molecule has 3 aliphatic heterocycles. The molecule has 3 heterocycles. The zero-order chi connectivity index (χ0) is 6.10. The largest absolute Gasteiger partial charge is 0.374 e. The van der Waals surface area contributed by atoms with Gasteiger partial charge in [-0.15, -0.1) is 0 Å². The third-order valence-corrected chi connectivity index (χ3v) is 1.93. The minimum Gasteiger partial charge on any atom is -0.374 e. The van der Waals surface area contributed by atoms with Crippen LogP contribution in [0, 0.1) is 0 Å². The van der Waals surface area contributed by atoms with Crippen molar-refractivity contribution in [2.45, 2.75) is 12.1 Å². The fourth-order valence-electron chi connectivity index (χ4n) is 1.35. The first-order chi connectivity index (χ1) is 4.45. The van der Waals surface area contributed by atoms with E-state index in [0.717, 1.165) is 26.2 Å². The number of hydrogen-bond acceptors (Lipinski definition) is 3. The number of ether oxygens (including phenoxy) is 1. The Hall–Kier alpha value is -0.120. The average molecular weight is 128 g/mol. The van der Waals surface area contributed by atoms with Crippen molar-refractivity contribution in [3.63, 3.8) is 0 Å². The average Bonchev–Trinajstić information content (AvgIpc) is 2.21. The van der Waals surface area contributed by atoms with Crippen LogP contribution in [0.1, 0.15) is 0 Å². The fraction of sp³-hybridized carbons (Fsp3) is 1.00. The van der Waals surface area contributed by atoms with Crippen molar-refractivity contribution in [3.05, 3.63) is 0 Å². The molecule has 3 saturated heterocycles. The molecule has 2 unspecified atom stereocenters. The SMILES string of the molecule is C1NCC2CNC1CO2. The maximum Gasteiger partial charge on any atom is 0.0824 e. The molecule has 3 aliphatic rings. The maximum atomic E-state index is 5.48. The topological polar surface area (TPSA) is 33.3 Å². The Morgan fingerprint density at radius 1 is 1.22 bits per heavy atom. The molecule has 3 rings (SSSR count). The van der Waals surface area contributed by atoms with Crippen molar-refractivity contribution < 1.29 is 4.74 Å². The van der Waals surface area contributed by atoms with Crippen LogP contribution in [0.2, 0.25) is 0 Å². The van der Waals surface area contributed by atoms with E-state index in [1.54, 1.807) is 0 Å². The Morgan fingerprint density at radius 2 is 2.22 bits per heavy atom. The van der Waals surface area contributed by atoms with Gasteiger partial charge in [-0.1, -0.05) is 0 Å². The van der Waals surface area contributed by atoms with E-state index in [1.807, 2.05) is 0 Å². The molecule has 52 valence electrons. The van der Waals surface area contributed by atoms with Crippen molar-refractivity contribution in [2.24, 2.45) is 0 Å². The molecule has 0 spiro atoms. The molecule has 3 nitrogen and oxygen atoms in total. The third kappa shape index (κ3) is 1.08. The molecule has 9 heavy (non-hydrogen) atoms. The van der Waals surface area contributed by atoms with Gasteiger partial charge < -0.3 is 15.4 Å². The smallest absolute Gasteiger partial charge is 0.0824 e. The van der Waals surface area contributed by atoms with E-state index < -0.39 is 0 Å². The molecule has 0 aromatic carbocycles. The van der Waals surface area contributed by atoms with Gasteiger partial charge in [-0.25, -0.2) is 0 Å². The van der Waals surface area contributed by atoms with Crippen molar-refractivity contribution in [2.75, 3.05) is 26.2 Å². The van der Waals surface area contributed by atoms with E-state index in [1.165, 1.54) is 0 Å². The van der Waals surface area contributed by atoms with Crippen molar-refractivity contribution in [1.82, 2.24) is 10.6 Å². The van der Waals surface area contributed by atoms with Gasteiger partial charge in [0.1, 0.15) is 0 Å². The van der Waals surface area contributed by atoms with E-state index >= 15 is 0 Å². The van der Waals surface area contributed by atoms with Crippen molar-refractivity contribution in [3.8, 4) is 0 Å². The summed E-state index contributed by atoms with van der Waals surface area (Å²) in [7, 11) is 0. The van der Waals surface area contributed by atoms with Gasteiger partial charge >= 0.3 is 0 Å². The fourth-order valence-corrected chi connectivity index (χ4v) is 1.35. The molecule has 0 saturated carbocycles. The Morgan fingerprint density at radius 3 is 3.00 bits per heavy atom. The molecule has 0 radical (unpaired) electrons. The predicted octanol–water partition coefficient (Wildman–Crippen LogP) is -1.05. The number of rotatable bonds is 0. The summed E-state index contributed by atoms with van der Waals surface area (Å²) < 4.78 is 5.48. The molecular formula is C6H12N2O. The van der Waals surface area contributed by atoms with Crippen molar-refractivity contribution >= 4 is 0 Å². The number of morpholine rings is 1.